The van der Waals surface area contributed by atoms with Crippen LogP contribution in [0.3, 0.4) is 0 Å². The van der Waals surface area contributed by atoms with Gasteiger partial charge in [0.25, 0.3) is 0 Å². The molecular formula is C18H14F5N. The molecule has 126 valence electrons. The van der Waals surface area contributed by atoms with Gasteiger partial charge in [0, 0.05) is 11.8 Å². The van der Waals surface area contributed by atoms with Gasteiger partial charge in [-0.3, -0.25) is 0 Å². The molecule has 0 radical (unpaired) electrons. The van der Waals surface area contributed by atoms with Gasteiger partial charge in [0.1, 0.15) is 22.9 Å². The van der Waals surface area contributed by atoms with E-state index in [2.05, 4.69) is 23.7 Å². The Labute approximate surface area is 136 Å². The van der Waals surface area contributed by atoms with Crippen molar-refractivity contribution in [2.45, 2.75) is 32.4 Å². The van der Waals surface area contributed by atoms with E-state index in [0.29, 0.717) is 17.8 Å². The Morgan fingerprint density at radius 3 is 2.21 bits per heavy atom. The van der Waals surface area contributed by atoms with Gasteiger partial charge < -0.3 is 0 Å². The molecule has 0 bridgehead atoms. The number of pyridine rings is 1. The SMILES string of the molecule is CCCCc1ccc(C#Cc2cc(F)c(C(F)(F)F)c(F)c2)nc1. The Hall–Kier alpha value is -2.42. The number of unbranched alkanes of at least 4 members (excludes halogenated alkanes) is 1. The quantitative estimate of drug-likeness (QED) is 0.559. The van der Waals surface area contributed by atoms with Crippen molar-refractivity contribution in [1.29, 1.82) is 0 Å². The van der Waals surface area contributed by atoms with E-state index in [1.807, 2.05) is 6.07 Å². The van der Waals surface area contributed by atoms with E-state index in [0.717, 1.165) is 24.8 Å². The molecule has 0 atom stereocenters. The Bertz CT molecular complexity index is 744. The molecule has 24 heavy (non-hydrogen) atoms. The second kappa shape index (κ2) is 7.43. The van der Waals surface area contributed by atoms with Gasteiger partial charge in [-0.2, -0.15) is 13.2 Å². The number of aryl methyl sites for hydroxylation is 1. The van der Waals surface area contributed by atoms with Crippen molar-refractivity contribution in [2.75, 3.05) is 0 Å². The molecule has 0 aliphatic carbocycles. The zero-order valence-corrected chi connectivity index (χ0v) is 12.8. The largest absolute Gasteiger partial charge is 0.422 e. The lowest BCUT2D eigenvalue weighted by molar-refractivity contribution is -0.142. The van der Waals surface area contributed by atoms with Crippen LogP contribution in [0.1, 0.15) is 42.1 Å². The molecule has 0 saturated heterocycles. The van der Waals surface area contributed by atoms with Crippen molar-refractivity contribution >= 4 is 0 Å². The predicted octanol–water partition coefficient (Wildman–Crippen LogP) is 5.12. The maximum absolute atomic E-state index is 13.5. The predicted molar refractivity (Wildman–Crippen MR) is 80.2 cm³/mol. The fraction of sp³-hybridized carbons (Fsp3) is 0.278. The molecule has 1 aromatic heterocycles. The molecule has 2 rings (SSSR count). The van der Waals surface area contributed by atoms with Crippen LogP contribution in [-0.2, 0) is 12.6 Å². The van der Waals surface area contributed by atoms with Crippen LogP contribution in [0.2, 0.25) is 0 Å². The molecule has 0 fully saturated rings. The molecule has 0 spiro atoms. The number of rotatable bonds is 3. The minimum atomic E-state index is -5.09. The molecule has 0 saturated carbocycles. The molecule has 1 nitrogen and oxygen atoms in total. The third-order valence-electron chi connectivity index (χ3n) is 3.30. The first kappa shape index (κ1) is 17.9. The van der Waals surface area contributed by atoms with Crippen molar-refractivity contribution in [3.05, 3.63) is 64.5 Å². The van der Waals surface area contributed by atoms with E-state index >= 15 is 0 Å². The van der Waals surface area contributed by atoms with E-state index in [1.165, 1.54) is 0 Å². The molecule has 2 aromatic rings. The molecule has 1 aromatic carbocycles. The van der Waals surface area contributed by atoms with E-state index in [1.54, 1.807) is 12.3 Å². The number of benzene rings is 1. The van der Waals surface area contributed by atoms with Crippen LogP contribution in [0.15, 0.2) is 30.5 Å². The van der Waals surface area contributed by atoms with Crippen molar-refractivity contribution in [3.8, 4) is 11.8 Å². The highest BCUT2D eigenvalue weighted by molar-refractivity contribution is 5.42. The van der Waals surface area contributed by atoms with Crippen LogP contribution in [-0.4, -0.2) is 4.98 Å². The molecule has 1 heterocycles. The van der Waals surface area contributed by atoms with Gasteiger partial charge in [0.2, 0.25) is 0 Å². The molecule has 0 N–H and O–H groups in total. The average molecular weight is 339 g/mol. The van der Waals surface area contributed by atoms with Crippen LogP contribution in [0, 0.1) is 23.5 Å². The van der Waals surface area contributed by atoms with Gasteiger partial charge in [0.15, 0.2) is 0 Å². The van der Waals surface area contributed by atoms with Gasteiger partial charge in [-0.05, 0) is 42.5 Å². The van der Waals surface area contributed by atoms with Crippen molar-refractivity contribution in [2.24, 2.45) is 0 Å². The van der Waals surface area contributed by atoms with E-state index in [4.69, 9.17) is 0 Å². The lowest BCUT2D eigenvalue weighted by Crippen LogP contribution is -2.11. The number of aromatic nitrogens is 1. The average Bonchev–Trinajstić information content (AvgIpc) is 2.50. The maximum atomic E-state index is 13.5. The van der Waals surface area contributed by atoms with E-state index in [9.17, 15) is 22.0 Å². The molecular weight excluding hydrogens is 325 g/mol. The highest BCUT2D eigenvalue weighted by Gasteiger charge is 2.37. The standard InChI is InChI=1S/C18H14F5N/c1-2-3-4-12-5-7-14(24-11-12)8-6-13-9-15(19)17(16(20)10-13)18(21,22)23/h5,7,9-11H,2-4H2,1H3. The van der Waals surface area contributed by atoms with E-state index in [-0.39, 0.29) is 5.56 Å². The summed E-state index contributed by atoms with van der Waals surface area (Å²) >= 11 is 0. The molecule has 0 unspecified atom stereocenters. The number of nitrogens with zero attached hydrogens (tertiary/aromatic N) is 1. The maximum Gasteiger partial charge on any atom is 0.422 e. The first-order valence-electron chi connectivity index (χ1n) is 7.34. The second-order valence-corrected chi connectivity index (χ2v) is 5.22. The number of halogens is 5. The Kier molecular flexibility index (Phi) is 5.55. The van der Waals surface area contributed by atoms with Gasteiger partial charge in [0.05, 0.1) is 0 Å². The number of hydrogen-bond donors (Lipinski definition) is 0. The van der Waals surface area contributed by atoms with Crippen molar-refractivity contribution < 1.29 is 22.0 Å². The van der Waals surface area contributed by atoms with Crippen LogP contribution in [0.25, 0.3) is 0 Å². The summed E-state index contributed by atoms with van der Waals surface area (Å²) in [6.45, 7) is 2.08. The number of hydrogen-bond acceptors (Lipinski definition) is 1. The zero-order chi connectivity index (χ0) is 17.7. The summed E-state index contributed by atoms with van der Waals surface area (Å²) in [4.78, 5) is 4.11. The summed E-state index contributed by atoms with van der Waals surface area (Å²) in [6, 6.07) is 4.64. The fourth-order valence-electron chi connectivity index (χ4n) is 2.08. The molecule has 0 aliphatic heterocycles. The van der Waals surface area contributed by atoms with Gasteiger partial charge in [-0.15, -0.1) is 0 Å². The Balaban J connectivity index is 2.22. The van der Waals surface area contributed by atoms with Gasteiger partial charge in [-0.25, -0.2) is 13.8 Å². The first-order chi connectivity index (χ1) is 11.3. The van der Waals surface area contributed by atoms with Crippen molar-refractivity contribution in [1.82, 2.24) is 4.98 Å². The minimum absolute atomic E-state index is 0.185. The lowest BCUT2D eigenvalue weighted by Gasteiger charge is -2.09. The third-order valence-corrected chi connectivity index (χ3v) is 3.30. The monoisotopic (exact) mass is 339 g/mol. The van der Waals surface area contributed by atoms with Crippen LogP contribution in [0.4, 0.5) is 22.0 Å². The third kappa shape index (κ3) is 4.54. The van der Waals surface area contributed by atoms with Gasteiger partial charge >= 0.3 is 6.18 Å². The van der Waals surface area contributed by atoms with Crippen LogP contribution >= 0.6 is 0 Å². The second-order valence-electron chi connectivity index (χ2n) is 5.22. The summed E-state index contributed by atoms with van der Waals surface area (Å²) in [6.07, 6.45) is -0.431. The van der Waals surface area contributed by atoms with E-state index < -0.39 is 23.4 Å². The van der Waals surface area contributed by atoms with Crippen LogP contribution < -0.4 is 0 Å². The molecule has 6 heteroatoms. The minimum Gasteiger partial charge on any atom is -0.248 e. The summed E-state index contributed by atoms with van der Waals surface area (Å²) < 4.78 is 64.4. The normalized spacial score (nSPS) is 11.1. The van der Waals surface area contributed by atoms with Crippen molar-refractivity contribution in [3.63, 3.8) is 0 Å². The smallest absolute Gasteiger partial charge is 0.248 e. The fourth-order valence-corrected chi connectivity index (χ4v) is 2.08. The summed E-state index contributed by atoms with van der Waals surface area (Å²) in [5, 5.41) is 0. The Morgan fingerprint density at radius 1 is 1.04 bits per heavy atom. The topological polar surface area (TPSA) is 12.9 Å². The molecule has 0 aliphatic rings. The first-order valence-corrected chi connectivity index (χ1v) is 7.34. The lowest BCUT2D eigenvalue weighted by atomic mass is 10.1. The van der Waals surface area contributed by atoms with Gasteiger partial charge in [-0.1, -0.05) is 25.3 Å². The van der Waals surface area contributed by atoms with Crippen LogP contribution in [0.5, 0.6) is 0 Å². The Morgan fingerprint density at radius 2 is 1.71 bits per heavy atom. The summed E-state index contributed by atoms with van der Waals surface area (Å²) in [5.41, 5.74) is -0.675. The zero-order valence-electron chi connectivity index (χ0n) is 12.8. The highest BCUT2D eigenvalue weighted by Crippen LogP contribution is 2.33. The summed E-state index contributed by atoms with van der Waals surface area (Å²) in [5.74, 6) is 1.63. The number of alkyl halides is 3. The highest BCUT2D eigenvalue weighted by atomic mass is 19.4. The molecule has 0 amide bonds. The summed E-state index contributed by atoms with van der Waals surface area (Å²) in [7, 11) is 0.